The van der Waals surface area contributed by atoms with Crippen molar-refractivity contribution in [1.82, 2.24) is 25.1 Å². The summed E-state index contributed by atoms with van der Waals surface area (Å²) in [6, 6.07) is 11.6. The lowest BCUT2D eigenvalue weighted by molar-refractivity contribution is -0.146. The van der Waals surface area contributed by atoms with Crippen molar-refractivity contribution in [2.45, 2.75) is 63.8 Å². The molecule has 210 valence electrons. The molecule has 11 heteroatoms. The van der Waals surface area contributed by atoms with Crippen LogP contribution in [0.2, 0.25) is 0 Å². The zero-order valence-corrected chi connectivity index (χ0v) is 22.4. The number of hydrogen-bond donors (Lipinski definition) is 0. The molecule has 2 heterocycles. The maximum absolute atomic E-state index is 13.9. The summed E-state index contributed by atoms with van der Waals surface area (Å²) in [5.41, 5.74) is 1.91. The van der Waals surface area contributed by atoms with Gasteiger partial charge in [-0.2, -0.15) is 17.9 Å². The molecular weight excluding hydrogens is 512 g/mol. The van der Waals surface area contributed by atoms with Crippen molar-refractivity contribution in [2.75, 3.05) is 31.6 Å². The van der Waals surface area contributed by atoms with E-state index in [0.717, 1.165) is 38.0 Å². The molecule has 39 heavy (non-hydrogen) atoms. The largest absolute Gasteiger partial charge is 0.489 e. The molecule has 0 radical (unpaired) electrons. The fourth-order valence-electron chi connectivity index (χ4n) is 6.16. The third-order valence-electron chi connectivity index (χ3n) is 7.85. The second kappa shape index (κ2) is 11.1. The summed E-state index contributed by atoms with van der Waals surface area (Å²) in [5.74, 6) is -0.413. The number of likely N-dealkylation sites (N-methyl/N-ethyl adjacent to an activating group) is 1. The molecule has 7 nitrogen and oxygen atoms in total. The molecule has 0 N–H and O–H groups in total. The van der Waals surface area contributed by atoms with E-state index in [1.807, 2.05) is 33.0 Å². The molecule has 1 aliphatic carbocycles. The monoisotopic (exact) mass is 546 g/mol. The van der Waals surface area contributed by atoms with Gasteiger partial charge in [0.1, 0.15) is 11.6 Å². The number of ether oxygens (including phenoxy) is 1. The summed E-state index contributed by atoms with van der Waals surface area (Å²) in [6.07, 6.45) is -0.542. The minimum Gasteiger partial charge on any atom is -0.489 e. The fraction of sp³-hybridized carbons (Fsp3) is 0.536. The second-order valence-electron chi connectivity index (χ2n) is 10.8. The van der Waals surface area contributed by atoms with Crippen molar-refractivity contribution in [3.8, 4) is 11.4 Å². The molecule has 0 bridgehead atoms. The quantitative estimate of drug-likeness (QED) is 0.338. The topological polar surface area (TPSA) is 59.3 Å². The van der Waals surface area contributed by atoms with Crippen LogP contribution >= 0.6 is 0 Å². The Morgan fingerprint density at radius 1 is 1.05 bits per heavy atom. The highest BCUT2D eigenvalue weighted by atomic mass is 19.4. The van der Waals surface area contributed by atoms with Gasteiger partial charge >= 0.3 is 6.18 Å². The van der Waals surface area contributed by atoms with Crippen molar-refractivity contribution < 1.29 is 22.3 Å². The first-order valence-electron chi connectivity index (χ1n) is 13.5. The minimum atomic E-state index is -4.70. The Morgan fingerprint density at radius 3 is 2.44 bits per heavy atom. The Bertz CT molecular complexity index is 1260. The molecule has 0 amide bonds. The fourth-order valence-corrected chi connectivity index (χ4v) is 6.16. The van der Waals surface area contributed by atoms with E-state index < -0.39 is 12.0 Å². The number of aromatic nitrogens is 4. The van der Waals surface area contributed by atoms with Crippen LogP contribution in [0.4, 0.5) is 23.2 Å². The Morgan fingerprint density at radius 2 is 1.77 bits per heavy atom. The SMILES string of the molecule is CC(C)Oc1ccc(-n2nnnc2C(F)(F)F)cc1N(C)C1CCC(CN2CCCC2)C1c1ccc(F)cc1. The summed E-state index contributed by atoms with van der Waals surface area (Å²) in [5, 5.41) is 10.1. The Kier molecular flexibility index (Phi) is 7.80. The predicted octanol–water partition coefficient (Wildman–Crippen LogP) is 5.70. The van der Waals surface area contributed by atoms with Gasteiger partial charge in [0.25, 0.3) is 5.82 Å². The summed E-state index contributed by atoms with van der Waals surface area (Å²) in [7, 11) is 1.95. The van der Waals surface area contributed by atoms with Gasteiger partial charge in [0.2, 0.25) is 0 Å². The summed E-state index contributed by atoms with van der Waals surface area (Å²) in [6.45, 7) is 6.97. The van der Waals surface area contributed by atoms with Crippen LogP contribution in [0.5, 0.6) is 5.75 Å². The van der Waals surface area contributed by atoms with E-state index >= 15 is 0 Å². The molecule has 2 aliphatic rings. The summed E-state index contributed by atoms with van der Waals surface area (Å²) < 4.78 is 61.4. The minimum absolute atomic E-state index is 0.0313. The van der Waals surface area contributed by atoms with Crippen molar-refractivity contribution in [3.63, 3.8) is 0 Å². The van der Waals surface area contributed by atoms with E-state index in [2.05, 4.69) is 25.3 Å². The lowest BCUT2D eigenvalue weighted by Gasteiger charge is -2.36. The van der Waals surface area contributed by atoms with Crippen molar-refractivity contribution in [2.24, 2.45) is 5.92 Å². The van der Waals surface area contributed by atoms with Gasteiger partial charge in [-0.3, -0.25) is 0 Å². The number of halogens is 4. The van der Waals surface area contributed by atoms with Crippen LogP contribution in [0.25, 0.3) is 5.69 Å². The molecule has 3 unspecified atom stereocenters. The molecule has 2 aromatic carbocycles. The molecule has 3 aromatic rings. The number of nitrogens with zero attached hydrogens (tertiary/aromatic N) is 6. The Balaban J connectivity index is 1.53. The van der Waals surface area contributed by atoms with Crippen LogP contribution in [-0.2, 0) is 6.18 Å². The maximum Gasteiger partial charge on any atom is 0.453 e. The predicted molar refractivity (Wildman–Crippen MR) is 140 cm³/mol. The van der Waals surface area contributed by atoms with Crippen LogP contribution in [0.1, 0.15) is 56.8 Å². The lowest BCUT2D eigenvalue weighted by atomic mass is 9.85. The van der Waals surface area contributed by atoms with E-state index in [4.69, 9.17) is 4.74 Å². The van der Waals surface area contributed by atoms with E-state index in [0.29, 0.717) is 22.0 Å². The molecule has 0 spiro atoms. The molecule has 1 aliphatic heterocycles. The van der Waals surface area contributed by atoms with Crippen molar-refractivity contribution >= 4 is 5.69 Å². The van der Waals surface area contributed by atoms with E-state index in [-0.39, 0.29) is 29.6 Å². The molecule has 5 rings (SSSR count). The third kappa shape index (κ3) is 5.88. The van der Waals surface area contributed by atoms with Crippen LogP contribution in [0.15, 0.2) is 42.5 Å². The van der Waals surface area contributed by atoms with E-state index in [9.17, 15) is 17.6 Å². The molecular formula is C28H34F4N6O. The second-order valence-corrected chi connectivity index (χ2v) is 10.8. The van der Waals surface area contributed by atoms with Gasteiger partial charge in [0.05, 0.1) is 17.5 Å². The Labute approximate surface area is 225 Å². The number of tetrazole rings is 1. The average molecular weight is 547 g/mol. The number of rotatable bonds is 8. The third-order valence-corrected chi connectivity index (χ3v) is 7.85. The van der Waals surface area contributed by atoms with E-state index in [1.165, 1.54) is 31.0 Å². The lowest BCUT2D eigenvalue weighted by Crippen LogP contribution is -2.37. The molecule has 3 atom stereocenters. The normalized spacial score (nSPS) is 22.1. The Hall–Kier alpha value is -3.21. The van der Waals surface area contributed by atoms with Crippen molar-refractivity contribution in [1.29, 1.82) is 0 Å². The highest BCUT2D eigenvalue weighted by Crippen LogP contribution is 2.46. The van der Waals surface area contributed by atoms with Crippen LogP contribution in [0, 0.1) is 11.7 Å². The zero-order valence-electron chi connectivity index (χ0n) is 22.4. The van der Waals surface area contributed by atoms with Gasteiger partial charge in [-0.25, -0.2) is 4.39 Å². The first-order chi connectivity index (χ1) is 18.6. The van der Waals surface area contributed by atoms with Crippen LogP contribution in [-0.4, -0.2) is 63.9 Å². The van der Waals surface area contributed by atoms with Gasteiger partial charge in [-0.15, -0.1) is 5.10 Å². The summed E-state index contributed by atoms with van der Waals surface area (Å²) in [4.78, 5) is 4.62. The van der Waals surface area contributed by atoms with Gasteiger partial charge in [-0.05, 0) is 105 Å². The average Bonchev–Trinajstić information content (AvgIpc) is 3.65. The number of likely N-dealkylation sites (tertiary alicyclic amines) is 1. The number of alkyl halides is 3. The van der Waals surface area contributed by atoms with Crippen LogP contribution < -0.4 is 9.64 Å². The van der Waals surface area contributed by atoms with Gasteiger partial charge in [0.15, 0.2) is 0 Å². The smallest absolute Gasteiger partial charge is 0.453 e. The van der Waals surface area contributed by atoms with Gasteiger partial charge in [-0.1, -0.05) is 12.1 Å². The van der Waals surface area contributed by atoms with Gasteiger partial charge in [0, 0.05) is 25.6 Å². The molecule has 1 saturated carbocycles. The standard InChI is InChI=1S/C28H34F4N6O/c1-18(2)39-25-13-11-22(38-27(28(30,31)32)33-34-35-38)16-24(25)36(3)23-12-8-20(17-37-14-4-5-15-37)26(23)19-6-9-21(29)10-7-19/h6-7,9-11,13,16,18,20,23,26H,4-5,8,12,14-15,17H2,1-3H3. The maximum atomic E-state index is 13.9. The number of hydrogen-bond acceptors (Lipinski definition) is 6. The first kappa shape index (κ1) is 27.4. The first-order valence-corrected chi connectivity index (χ1v) is 13.5. The van der Waals surface area contributed by atoms with E-state index in [1.54, 1.807) is 12.1 Å². The zero-order chi connectivity index (χ0) is 27.7. The van der Waals surface area contributed by atoms with Crippen molar-refractivity contribution in [3.05, 3.63) is 59.7 Å². The van der Waals surface area contributed by atoms with Crippen LogP contribution in [0.3, 0.4) is 0 Å². The number of anilines is 1. The molecule has 2 fully saturated rings. The number of benzene rings is 2. The molecule has 1 aromatic heterocycles. The highest BCUT2D eigenvalue weighted by Gasteiger charge is 2.42. The molecule has 1 saturated heterocycles. The highest BCUT2D eigenvalue weighted by molar-refractivity contribution is 5.64. The van der Waals surface area contributed by atoms with Gasteiger partial charge < -0.3 is 14.5 Å². The summed E-state index contributed by atoms with van der Waals surface area (Å²) >= 11 is 0.